The van der Waals surface area contributed by atoms with Gasteiger partial charge < -0.3 is 5.11 Å². The zero-order valence-electron chi connectivity index (χ0n) is 6.67. The maximum absolute atomic E-state index is 9.58. The molecule has 0 saturated heterocycles. The number of rotatable bonds is 0. The van der Waals surface area contributed by atoms with Gasteiger partial charge in [0.1, 0.15) is 0 Å². The Bertz CT molecular complexity index is 132. The van der Waals surface area contributed by atoms with Crippen LogP contribution in [0.5, 0.6) is 0 Å². The summed E-state index contributed by atoms with van der Waals surface area (Å²) >= 11 is 3.54. The van der Waals surface area contributed by atoms with Crippen molar-refractivity contribution in [2.75, 3.05) is 0 Å². The molecule has 2 saturated carbocycles. The summed E-state index contributed by atoms with van der Waals surface area (Å²) in [5.74, 6) is 1.77. The lowest BCUT2D eigenvalue weighted by Gasteiger charge is -2.32. The molecule has 64 valence electrons. The van der Waals surface area contributed by atoms with Crippen molar-refractivity contribution < 1.29 is 5.11 Å². The average Bonchev–Trinajstić information content (AvgIpc) is 2.36. The van der Waals surface area contributed by atoms with Gasteiger partial charge in [-0.2, -0.15) is 0 Å². The molecule has 0 heterocycles. The van der Waals surface area contributed by atoms with Gasteiger partial charge >= 0.3 is 0 Å². The van der Waals surface area contributed by atoms with Gasteiger partial charge in [-0.3, -0.25) is 0 Å². The summed E-state index contributed by atoms with van der Waals surface area (Å²) in [4.78, 5) is 0.377. The van der Waals surface area contributed by atoms with Crippen LogP contribution in [0.2, 0.25) is 0 Å². The number of halogens is 1. The molecule has 0 bridgehead atoms. The predicted octanol–water partition coefficient (Wildman–Crippen LogP) is 2.32. The third-order valence-electron chi connectivity index (χ3n) is 3.31. The first-order valence-corrected chi connectivity index (χ1v) is 5.51. The van der Waals surface area contributed by atoms with Gasteiger partial charge in [-0.1, -0.05) is 35.2 Å². The first kappa shape index (κ1) is 8.06. The lowest BCUT2D eigenvalue weighted by molar-refractivity contribution is 0.0892. The molecule has 11 heavy (non-hydrogen) atoms. The minimum absolute atomic E-state index is 0.0747. The van der Waals surface area contributed by atoms with Gasteiger partial charge in [-0.25, -0.2) is 0 Å². The summed E-state index contributed by atoms with van der Waals surface area (Å²) in [5, 5.41) is 9.58. The van der Waals surface area contributed by atoms with E-state index in [4.69, 9.17) is 0 Å². The fourth-order valence-corrected chi connectivity index (χ4v) is 3.33. The monoisotopic (exact) mass is 218 g/mol. The molecule has 0 spiro atoms. The molecule has 0 aromatic heterocycles. The molecule has 2 rings (SSSR count). The molecule has 0 aliphatic heterocycles. The first-order valence-electron chi connectivity index (χ1n) is 4.59. The lowest BCUT2D eigenvalue weighted by Crippen LogP contribution is -2.33. The second kappa shape index (κ2) is 3.06. The minimum Gasteiger partial charge on any atom is -0.392 e. The van der Waals surface area contributed by atoms with Crippen molar-refractivity contribution in [3.8, 4) is 0 Å². The van der Waals surface area contributed by atoms with E-state index < -0.39 is 0 Å². The summed E-state index contributed by atoms with van der Waals surface area (Å²) in [6, 6.07) is 0. The van der Waals surface area contributed by atoms with Crippen LogP contribution in [0.3, 0.4) is 0 Å². The van der Waals surface area contributed by atoms with E-state index in [2.05, 4.69) is 15.9 Å². The van der Waals surface area contributed by atoms with Crippen molar-refractivity contribution in [3.63, 3.8) is 0 Å². The Morgan fingerprint density at radius 3 is 2.45 bits per heavy atom. The highest BCUT2D eigenvalue weighted by molar-refractivity contribution is 9.09. The largest absolute Gasteiger partial charge is 0.392 e. The molecule has 1 nitrogen and oxygen atoms in total. The van der Waals surface area contributed by atoms with Crippen LogP contribution in [-0.2, 0) is 0 Å². The van der Waals surface area contributed by atoms with Crippen molar-refractivity contribution in [3.05, 3.63) is 0 Å². The first-order chi connectivity index (χ1) is 5.27. The van der Waals surface area contributed by atoms with Gasteiger partial charge in [0, 0.05) is 4.83 Å². The Morgan fingerprint density at radius 1 is 1.09 bits per heavy atom. The Balaban J connectivity index is 2.00. The van der Waals surface area contributed by atoms with Crippen molar-refractivity contribution in [1.29, 1.82) is 0 Å². The zero-order chi connectivity index (χ0) is 7.84. The molecule has 1 N–H and O–H groups in total. The van der Waals surface area contributed by atoms with Gasteiger partial charge in [0.05, 0.1) is 6.10 Å². The number of fused-ring (bicyclic) bond motifs is 1. The topological polar surface area (TPSA) is 20.2 Å². The van der Waals surface area contributed by atoms with Crippen LogP contribution in [0.25, 0.3) is 0 Å². The number of alkyl halides is 1. The van der Waals surface area contributed by atoms with Crippen LogP contribution in [0.4, 0.5) is 0 Å². The van der Waals surface area contributed by atoms with Crippen molar-refractivity contribution in [1.82, 2.24) is 0 Å². The zero-order valence-corrected chi connectivity index (χ0v) is 8.26. The highest BCUT2D eigenvalue weighted by Gasteiger charge is 2.37. The van der Waals surface area contributed by atoms with Crippen LogP contribution >= 0.6 is 15.9 Å². The van der Waals surface area contributed by atoms with Crippen LogP contribution in [-0.4, -0.2) is 16.0 Å². The van der Waals surface area contributed by atoms with E-state index >= 15 is 0 Å². The number of aliphatic hydroxyl groups is 1. The van der Waals surface area contributed by atoms with E-state index in [9.17, 15) is 5.11 Å². The highest BCUT2D eigenvalue weighted by Crippen LogP contribution is 2.43. The predicted molar refractivity (Wildman–Crippen MR) is 48.8 cm³/mol. The standard InChI is InChI=1S/C9H15BrO/c10-8-4-6-2-1-3-7(6)5-9(8)11/h6-9,11H,1-5H2/t6-,7-,8+,9-/m0/s1. The summed E-state index contributed by atoms with van der Waals surface area (Å²) < 4.78 is 0. The lowest BCUT2D eigenvalue weighted by atomic mass is 9.80. The van der Waals surface area contributed by atoms with Gasteiger partial charge in [-0.05, 0) is 24.7 Å². The molecule has 2 fully saturated rings. The fraction of sp³-hybridized carbons (Fsp3) is 1.00. The van der Waals surface area contributed by atoms with E-state index in [1.54, 1.807) is 0 Å². The summed E-state index contributed by atoms with van der Waals surface area (Å²) in [5.41, 5.74) is 0. The van der Waals surface area contributed by atoms with E-state index in [0.29, 0.717) is 4.83 Å². The summed E-state index contributed by atoms with van der Waals surface area (Å²) in [6.45, 7) is 0. The Hall–Kier alpha value is 0.440. The maximum Gasteiger partial charge on any atom is 0.0668 e. The normalized spacial score (nSPS) is 50.7. The smallest absolute Gasteiger partial charge is 0.0668 e. The molecule has 2 aliphatic carbocycles. The molecule has 0 amide bonds. The third kappa shape index (κ3) is 1.48. The van der Waals surface area contributed by atoms with Crippen LogP contribution < -0.4 is 0 Å². The Kier molecular flexibility index (Phi) is 2.24. The molecular formula is C9H15BrO. The van der Waals surface area contributed by atoms with Crippen molar-refractivity contribution in [2.24, 2.45) is 11.8 Å². The van der Waals surface area contributed by atoms with E-state index in [-0.39, 0.29) is 6.10 Å². The van der Waals surface area contributed by atoms with Gasteiger partial charge in [-0.15, -0.1) is 0 Å². The van der Waals surface area contributed by atoms with Gasteiger partial charge in [0.25, 0.3) is 0 Å². The molecular weight excluding hydrogens is 204 g/mol. The average molecular weight is 219 g/mol. The SMILES string of the molecule is O[C@H]1C[C@@H]2CCC[C@H]2C[C@H]1Br. The van der Waals surface area contributed by atoms with Crippen LogP contribution in [0.1, 0.15) is 32.1 Å². The Morgan fingerprint density at radius 2 is 1.73 bits per heavy atom. The van der Waals surface area contributed by atoms with E-state index in [1.165, 1.54) is 25.7 Å². The summed E-state index contributed by atoms with van der Waals surface area (Å²) in [6.07, 6.45) is 6.32. The number of hydrogen-bond donors (Lipinski definition) is 1. The van der Waals surface area contributed by atoms with Crippen molar-refractivity contribution in [2.45, 2.75) is 43.0 Å². The maximum atomic E-state index is 9.58. The second-order valence-electron chi connectivity index (χ2n) is 4.01. The third-order valence-corrected chi connectivity index (χ3v) is 4.29. The molecule has 2 heteroatoms. The highest BCUT2D eigenvalue weighted by atomic mass is 79.9. The molecule has 2 aliphatic rings. The van der Waals surface area contributed by atoms with Crippen molar-refractivity contribution >= 4 is 15.9 Å². The minimum atomic E-state index is -0.0747. The van der Waals surface area contributed by atoms with E-state index in [0.717, 1.165) is 18.3 Å². The molecule has 0 aromatic rings. The second-order valence-corrected chi connectivity index (χ2v) is 5.18. The van der Waals surface area contributed by atoms with Gasteiger partial charge in [0.15, 0.2) is 0 Å². The molecule has 0 aromatic carbocycles. The molecule has 0 radical (unpaired) electrons. The fourth-order valence-electron chi connectivity index (χ4n) is 2.64. The molecule has 0 unspecified atom stereocenters. The van der Waals surface area contributed by atoms with E-state index in [1.807, 2.05) is 0 Å². The number of hydrogen-bond acceptors (Lipinski definition) is 1. The van der Waals surface area contributed by atoms with Crippen LogP contribution in [0.15, 0.2) is 0 Å². The molecule has 4 atom stereocenters. The number of aliphatic hydroxyl groups excluding tert-OH is 1. The van der Waals surface area contributed by atoms with Gasteiger partial charge in [0.2, 0.25) is 0 Å². The summed E-state index contributed by atoms with van der Waals surface area (Å²) in [7, 11) is 0. The van der Waals surface area contributed by atoms with Crippen LogP contribution in [0, 0.1) is 11.8 Å². The Labute approximate surface area is 76.3 Å². The quantitative estimate of drug-likeness (QED) is 0.620.